The van der Waals surface area contributed by atoms with Gasteiger partial charge in [-0.3, -0.25) is 4.79 Å². The van der Waals surface area contributed by atoms with Crippen LogP contribution in [0.3, 0.4) is 0 Å². The first-order chi connectivity index (χ1) is 7.83. The third-order valence-corrected chi connectivity index (χ3v) is 3.56. The molecule has 2 nitrogen and oxygen atoms in total. The van der Waals surface area contributed by atoms with Crippen molar-refractivity contribution in [2.75, 3.05) is 13.1 Å². The molecule has 0 radical (unpaired) electrons. The van der Waals surface area contributed by atoms with Crippen molar-refractivity contribution in [3.8, 4) is 0 Å². The van der Waals surface area contributed by atoms with Crippen LogP contribution in [-0.2, 0) is 11.2 Å². The summed E-state index contributed by atoms with van der Waals surface area (Å²) in [6, 6.07) is 10.6. The molecule has 0 spiro atoms. The minimum atomic E-state index is 0.387. The molecule has 0 aromatic heterocycles. The Bertz CT molecular complexity index is 377. The lowest BCUT2D eigenvalue weighted by atomic mass is 9.92. The molecule has 84 valence electrons. The van der Waals surface area contributed by atoms with Crippen LogP contribution in [-0.4, -0.2) is 23.9 Å². The minimum Gasteiger partial charge on any atom is -0.342 e. The number of carbonyl (C=O) groups is 1. The van der Waals surface area contributed by atoms with Gasteiger partial charge in [0, 0.05) is 19.0 Å². The first-order valence-corrected chi connectivity index (χ1v) is 6.15. The molecule has 1 saturated heterocycles. The van der Waals surface area contributed by atoms with Crippen molar-refractivity contribution < 1.29 is 4.79 Å². The molecule has 2 aliphatic rings. The first kappa shape index (κ1) is 9.88. The van der Waals surface area contributed by atoms with Crippen molar-refractivity contribution in [1.82, 2.24) is 4.90 Å². The molecular formula is C14H17NO. The van der Waals surface area contributed by atoms with Crippen molar-refractivity contribution in [1.29, 1.82) is 0 Å². The molecule has 1 saturated carbocycles. The molecule has 3 rings (SSSR count). The summed E-state index contributed by atoms with van der Waals surface area (Å²) in [5.74, 6) is 1.48. The van der Waals surface area contributed by atoms with Gasteiger partial charge in [0.05, 0.1) is 0 Å². The van der Waals surface area contributed by atoms with E-state index in [1.807, 2.05) is 11.0 Å². The third-order valence-electron chi connectivity index (χ3n) is 3.56. The van der Waals surface area contributed by atoms with E-state index in [2.05, 4.69) is 24.3 Å². The Kier molecular flexibility index (Phi) is 2.43. The fourth-order valence-electron chi connectivity index (χ4n) is 2.41. The van der Waals surface area contributed by atoms with Gasteiger partial charge >= 0.3 is 0 Å². The Morgan fingerprint density at radius 2 is 1.88 bits per heavy atom. The number of rotatable bonds is 3. The summed E-state index contributed by atoms with van der Waals surface area (Å²) in [6.07, 6.45) is 3.37. The summed E-state index contributed by atoms with van der Waals surface area (Å²) >= 11 is 0. The van der Waals surface area contributed by atoms with Gasteiger partial charge < -0.3 is 4.90 Å². The summed E-state index contributed by atoms with van der Waals surface area (Å²) in [4.78, 5) is 13.7. The van der Waals surface area contributed by atoms with Crippen molar-refractivity contribution >= 4 is 5.91 Å². The van der Waals surface area contributed by atoms with E-state index in [1.165, 1.54) is 5.56 Å². The second-order valence-electron chi connectivity index (χ2n) is 5.07. The predicted octanol–water partition coefficient (Wildman–Crippen LogP) is 2.10. The van der Waals surface area contributed by atoms with Gasteiger partial charge in [-0.15, -0.1) is 0 Å². The summed E-state index contributed by atoms with van der Waals surface area (Å²) in [5.41, 5.74) is 1.39. The summed E-state index contributed by atoms with van der Waals surface area (Å²) in [5, 5.41) is 0. The molecule has 16 heavy (non-hydrogen) atoms. The van der Waals surface area contributed by atoms with Gasteiger partial charge in [-0.2, -0.15) is 0 Å². The Morgan fingerprint density at radius 1 is 1.19 bits per heavy atom. The highest BCUT2D eigenvalue weighted by Gasteiger charge is 2.38. The summed E-state index contributed by atoms with van der Waals surface area (Å²) < 4.78 is 0. The maximum Gasteiger partial charge on any atom is 0.225 e. The number of benzene rings is 1. The SMILES string of the molecule is O=C(C1CC1)N1CC(Cc2ccccc2)C1. The fourth-order valence-corrected chi connectivity index (χ4v) is 2.41. The van der Waals surface area contributed by atoms with Crippen LogP contribution in [0.2, 0.25) is 0 Å². The van der Waals surface area contributed by atoms with E-state index < -0.39 is 0 Å². The molecule has 2 fully saturated rings. The van der Waals surface area contributed by atoms with Crippen LogP contribution >= 0.6 is 0 Å². The van der Waals surface area contributed by atoms with Crippen LogP contribution in [0.5, 0.6) is 0 Å². The van der Waals surface area contributed by atoms with Crippen molar-refractivity contribution in [2.45, 2.75) is 19.3 Å². The monoisotopic (exact) mass is 215 g/mol. The summed E-state index contributed by atoms with van der Waals surface area (Å²) in [7, 11) is 0. The van der Waals surface area contributed by atoms with Crippen LogP contribution in [0.4, 0.5) is 0 Å². The van der Waals surface area contributed by atoms with Crippen molar-refractivity contribution in [3.63, 3.8) is 0 Å². The van der Waals surface area contributed by atoms with E-state index >= 15 is 0 Å². The van der Waals surface area contributed by atoms with Crippen LogP contribution < -0.4 is 0 Å². The number of hydrogen-bond acceptors (Lipinski definition) is 1. The molecule has 1 aromatic carbocycles. The Morgan fingerprint density at radius 3 is 2.50 bits per heavy atom. The van der Waals surface area contributed by atoms with Gasteiger partial charge in [0.1, 0.15) is 0 Å². The van der Waals surface area contributed by atoms with Gasteiger partial charge in [-0.1, -0.05) is 30.3 Å². The number of carbonyl (C=O) groups excluding carboxylic acids is 1. The smallest absolute Gasteiger partial charge is 0.225 e. The van der Waals surface area contributed by atoms with Gasteiger partial charge in [0.15, 0.2) is 0 Å². The lowest BCUT2D eigenvalue weighted by molar-refractivity contribution is -0.138. The molecule has 0 unspecified atom stereocenters. The van der Waals surface area contributed by atoms with E-state index in [4.69, 9.17) is 0 Å². The fraction of sp³-hybridized carbons (Fsp3) is 0.500. The largest absolute Gasteiger partial charge is 0.342 e. The molecule has 0 N–H and O–H groups in total. The molecular weight excluding hydrogens is 198 g/mol. The van der Waals surface area contributed by atoms with Crippen LogP contribution in [0.15, 0.2) is 30.3 Å². The van der Waals surface area contributed by atoms with Gasteiger partial charge in [0.25, 0.3) is 0 Å². The molecule has 0 bridgehead atoms. The molecule has 1 heterocycles. The number of nitrogens with zero attached hydrogens (tertiary/aromatic N) is 1. The Balaban J connectivity index is 1.48. The van der Waals surface area contributed by atoms with Crippen molar-refractivity contribution in [3.05, 3.63) is 35.9 Å². The van der Waals surface area contributed by atoms with E-state index in [0.717, 1.165) is 32.4 Å². The van der Waals surface area contributed by atoms with Gasteiger partial charge in [0.2, 0.25) is 5.91 Å². The lowest BCUT2D eigenvalue weighted by Gasteiger charge is -2.39. The van der Waals surface area contributed by atoms with E-state index in [1.54, 1.807) is 0 Å². The van der Waals surface area contributed by atoms with E-state index in [0.29, 0.717) is 17.7 Å². The van der Waals surface area contributed by atoms with Crippen LogP contribution in [0.25, 0.3) is 0 Å². The van der Waals surface area contributed by atoms with Crippen LogP contribution in [0, 0.1) is 11.8 Å². The minimum absolute atomic E-state index is 0.387. The van der Waals surface area contributed by atoms with E-state index in [9.17, 15) is 4.79 Å². The third kappa shape index (κ3) is 1.97. The van der Waals surface area contributed by atoms with E-state index in [-0.39, 0.29) is 0 Å². The average Bonchev–Trinajstić information content (AvgIpc) is 3.07. The molecule has 0 atom stereocenters. The quantitative estimate of drug-likeness (QED) is 0.756. The van der Waals surface area contributed by atoms with Gasteiger partial charge in [-0.05, 0) is 30.7 Å². The number of hydrogen-bond donors (Lipinski definition) is 0. The second-order valence-corrected chi connectivity index (χ2v) is 5.07. The molecule has 1 amide bonds. The van der Waals surface area contributed by atoms with Crippen LogP contribution in [0.1, 0.15) is 18.4 Å². The average molecular weight is 215 g/mol. The summed E-state index contributed by atoms with van der Waals surface area (Å²) in [6.45, 7) is 1.95. The highest BCUT2D eigenvalue weighted by Crippen LogP contribution is 2.33. The Hall–Kier alpha value is -1.31. The topological polar surface area (TPSA) is 20.3 Å². The highest BCUT2D eigenvalue weighted by atomic mass is 16.2. The van der Waals surface area contributed by atoms with Gasteiger partial charge in [-0.25, -0.2) is 0 Å². The number of likely N-dealkylation sites (tertiary alicyclic amines) is 1. The molecule has 1 aliphatic heterocycles. The number of amides is 1. The lowest BCUT2D eigenvalue weighted by Crippen LogP contribution is -2.51. The highest BCUT2D eigenvalue weighted by molar-refractivity contribution is 5.81. The normalized spacial score (nSPS) is 20.6. The molecule has 1 aromatic rings. The zero-order valence-electron chi connectivity index (χ0n) is 9.43. The predicted molar refractivity (Wildman–Crippen MR) is 62.9 cm³/mol. The van der Waals surface area contributed by atoms with Crippen molar-refractivity contribution in [2.24, 2.45) is 11.8 Å². The maximum atomic E-state index is 11.7. The zero-order chi connectivity index (χ0) is 11.0. The standard InChI is InChI=1S/C14H17NO/c16-14(13-6-7-13)15-9-12(10-15)8-11-4-2-1-3-5-11/h1-5,12-13H,6-10H2. The maximum absolute atomic E-state index is 11.7. The zero-order valence-corrected chi connectivity index (χ0v) is 9.43. The first-order valence-electron chi connectivity index (χ1n) is 6.15. The molecule has 2 heteroatoms. The second kappa shape index (κ2) is 3.93. The Labute approximate surface area is 96.3 Å². The molecule has 1 aliphatic carbocycles.